The third kappa shape index (κ3) is 7.06. The van der Waals surface area contributed by atoms with Crippen LogP contribution in [0.2, 0.25) is 0 Å². The van der Waals surface area contributed by atoms with E-state index in [1.807, 2.05) is 37.4 Å². The van der Waals surface area contributed by atoms with Crippen molar-refractivity contribution in [2.45, 2.75) is 45.3 Å². The van der Waals surface area contributed by atoms with Gasteiger partial charge in [0.05, 0.1) is 6.54 Å². The van der Waals surface area contributed by atoms with Gasteiger partial charge in [-0.3, -0.25) is 4.79 Å². The molecule has 1 amide bonds. The van der Waals surface area contributed by atoms with Gasteiger partial charge in [0.15, 0.2) is 5.96 Å². The van der Waals surface area contributed by atoms with E-state index in [-0.39, 0.29) is 12.0 Å². The lowest BCUT2D eigenvalue weighted by atomic mass is 10.2. The molecule has 0 bridgehead atoms. The van der Waals surface area contributed by atoms with Crippen molar-refractivity contribution in [1.29, 1.82) is 0 Å². The highest BCUT2D eigenvalue weighted by Gasteiger charge is 2.23. The minimum absolute atomic E-state index is 0.0663. The van der Waals surface area contributed by atoms with Crippen LogP contribution in [0.4, 0.5) is 5.69 Å². The van der Waals surface area contributed by atoms with E-state index in [2.05, 4.69) is 29.0 Å². The van der Waals surface area contributed by atoms with Gasteiger partial charge in [-0.2, -0.15) is 0 Å². The lowest BCUT2D eigenvalue weighted by Crippen LogP contribution is -2.39. The molecule has 148 valence electrons. The van der Waals surface area contributed by atoms with E-state index in [1.165, 1.54) is 0 Å². The molecule has 27 heavy (non-hydrogen) atoms. The summed E-state index contributed by atoms with van der Waals surface area (Å²) in [5, 5.41) is 6.27. The minimum Gasteiger partial charge on any atom is -0.368 e. The van der Waals surface area contributed by atoms with Crippen LogP contribution in [0.1, 0.15) is 38.2 Å². The zero-order valence-corrected chi connectivity index (χ0v) is 16.5. The van der Waals surface area contributed by atoms with Crippen LogP contribution in [0.5, 0.6) is 0 Å². The van der Waals surface area contributed by atoms with Crippen molar-refractivity contribution in [2.24, 2.45) is 4.99 Å². The van der Waals surface area contributed by atoms with Gasteiger partial charge in [0.1, 0.15) is 6.10 Å². The summed E-state index contributed by atoms with van der Waals surface area (Å²) >= 11 is 0. The van der Waals surface area contributed by atoms with Crippen LogP contribution in [-0.4, -0.2) is 49.6 Å². The molecule has 1 heterocycles. The summed E-state index contributed by atoms with van der Waals surface area (Å²) in [7, 11) is 2.04. The minimum atomic E-state index is -0.323. The summed E-state index contributed by atoms with van der Waals surface area (Å²) in [5.41, 5.74) is 1.84. The molecule has 2 rings (SSSR count). The predicted octanol–water partition coefficient (Wildman–Crippen LogP) is 3.17. The molecule has 2 N–H and O–H groups in total. The quantitative estimate of drug-likeness (QED) is 0.302. The number of aliphatic imine (C=N–C) groups is 1. The second-order valence-electron chi connectivity index (χ2n) is 6.71. The number of guanidine groups is 1. The molecule has 0 radical (unpaired) electrons. The Morgan fingerprint density at radius 2 is 2.33 bits per heavy atom. The van der Waals surface area contributed by atoms with Crippen LogP contribution < -0.4 is 10.6 Å². The Labute approximate surface area is 162 Å². The molecule has 6 nitrogen and oxygen atoms in total. The van der Waals surface area contributed by atoms with E-state index in [4.69, 9.17) is 9.73 Å². The molecular weight excluding hydrogens is 340 g/mol. The fourth-order valence-corrected chi connectivity index (χ4v) is 2.97. The third-order valence-corrected chi connectivity index (χ3v) is 4.43. The van der Waals surface area contributed by atoms with Gasteiger partial charge in [-0.25, -0.2) is 4.99 Å². The summed E-state index contributed by atoms with van der Waals surface area (Å²) in [5.74, 6) is 0.818. The Morgan fingerprint density at radius 3 is 3.04 bits per heavy atom. The lowest BCUT2D eigenvalue weighted by Gasteiger charge is -2.21. The standard InChI is InChI=1S/C21H32N4O2/c1-4-6-7-13-25(3)21(22-5-2)23-16-17-10-8-11-18(15-17)24-20(26)19-12-9-14-27-19/h4,8,10-11,15,19H,1,5-7,9,12-14,16H2,2-3H3,(H,22,23)(H,24,26). The van der Waals surface area contributed by atoms with Gasteiger partial charge in [-0.15, -0.1) is 6.58 Å². The van der Waals surface area contributed by atoms with E-state index >= 15 is 0 Å². The Hall–Kier alpha value is -2.34. The Balaban J connectivity index is 1.96. The molecule has 1 aliphatic heterocycles. The van der Waals surface area contributed by atoms with Crippen molar-refractivity contribution in [1.82, 2.24) is 10.2 Å². The van der Waals surface area contributed by atoms with Crippen molar-refractivity contribution >= 4 is 17.6 Å². The molecule has 0 aromatic heterocycles. The van der Waals surface area contributed by atoms with Crippen LogP contribution in [0.25, 0.3) is 0 Å². The molecule has 1 unspecified atom stereocenters. The van der Waals surface area contributed by atoms with Gasteiger partial charge in [0, 0.05) is 32.4 Å². The van der Waals surface area contributed by atoms with E-state index in [9.17, 15) is 4.79 Å². The van der Waals surface area contributed by atoms with Crippen LogP contribution in [-0.2, 0) is 16.1 Å². The first-order chi connectivity index (χ1) is 13.1. The topological polar surface area (TPSA) is 66.0 Å². The monoisotopic (exact) mass is 372 g/mol. The van der Waals surface area contributed by atoms with Gasteiger partial charge in [0.25, 0.3) is 5.91 Å². The summed E-state index contributed by atoms with van der Waals surface area (Å²) in [6, 6.07) is 7.83. The van der Waals surface area contributed by atoms with Gasteiger partial charge >= 0.3 is 0 Å². The lowest BCUT2D eigenvalue weighted by molar-refractivity contribution is -0.124. The smallest absolute Gasteiger partial charge is 0.253 e. The third-order valence-electron chi connectivity index (χ3n) is 4.43. The molecular formula is C21H32N4O2. The number of hydrogen-bond donors (Lipinski definition) is 2. The SMILES string of the molecule is C=CCCCN(C)C(=NCc1cccc(NC(=O)C2CCCO2)c1)NCC. The molecule has 6 heteroatoms. The van der Waals surface area contributed by atoms with Crippen molar-refractivity contribution in [2.75, 3.05) is 32.1 Å². The number of allylic oxidation sites excluding steroid dienone is 1. The van der Waals surface area contributed by atoms with Crippen LogP contribution >= 0.6 is 0 Å². The van der Waals surface area contributed by atoms with Gasteiger partial charge in [-0.1, -0.05) is 18.2 Å². The first-order valence-corrected chi connectivity index (χ1v) is 9.75. The van der Waals surface area contributed by atoms with Gasteiger partial charge < -0.3 is 20.3 Å². The second kappa shape index (κ2) is 11.4. The largest absolute Gasteiger partial charge is 0.368 e. The summed E-state index contributed by atoms with van der Waals surface area (Å²) < 4.78 is 5.44. The Bertz CT molecular complexity index is 639. The fraction of sp³-hybridized carbons (Fsp3) is 0.524. The van der Waals surface area contributed by atoms with Crippen LogP contribution in [0.3, 0.4) is 0 Å². The zero-order chi connectivity index (χ0) is 19.5. The number of hydrogen-bond acceptors (Lipinski definition) is 3. The van der Waals surface area contributed by atoms with Crippen molar-refractivity contribution in [3.05, 3.63) is 42.5 Å². The number of carbonyl (C=O) groups excluding carboxylic acids is 1. The van der Waals surface area contributed by atoms with Gasteiger partial charge in [0.2, 0.25) is 0 Å². The number of nitrogens with zero attached hydrogens (tertiary/aromatic N) is 2. The maximum atomic E-state index is 12.2. The summed E-state index contributed by atoms with van der Waals surface area (Å²) in [6.45, 7) is 8.80. The number of rotatable bonds is 9. The molecule has 1 aromatic carbocycles. The number of ether oxygens (including phenoxy) is 1. The van der Waals surface area contributed by atoms with E-state index < -0.39 is 0 Å². The number of anilines is 1. The highest BCUT2D eigenvalue weighted by Crippen LogP contribution is 2.16. The van der Waals surface area contributed by atoms with E-state index in [1.54, 1.807) is 0 Å². The van der Waals surface area contributed by atoms with Crippen molar-refractivity contribution in [3.8, 4) is 0 Å². The molecule has 1 aromatic rings. The number of nitrogens with one attached hydrogen (secondary N) is 2. The highest BCUT2D eigenvalue weighted by molar-refractivity contribution is 5.94. The van der Waals surface area contributed by atoms with E-state index in [0.717, 1.165) is 56.0 Å². The molecule has 0 aliphatic carbocycles. The summed E-state index contributed by atoms with van der Waals surface area (Å²) in [6.07, 6.45) is 5.40. The highest BCUT2D eigenvalue weighted by atomic mass is 16.5. The molecule has 0 saturated carbocycles. The number of unbranched alkanes of at least 4 members (excludes halogenated alkanes) is 1. The Kier molecular flexibility index (Phi) is 8.84. The normalized spacial score (nSPS) is 16.8. The predicted molar refractivity (Wildman–Crippen MR) is 111 cm³/mol. The molecule has 1 atom stereocenters. The number of benzene rings is 1. The van der Waals surface area contributed by atoms with Crippen molar-refractivity contribution < 1.29 is 9.53 Å². The molecule has 0 spiro atoms. The Morgan fingerprint density at radius 1 is 1.48 bits per heavy atom. The zero-order valence-electron chi connectivity index (χ0n) is 16.5. The average Bonchev–Trinajstić information content (AvgIpc) is 3.20. The van der Waals surface area contributed by atoms with E-state index in [0.29, 0.717) is 13.2 Å². The molecule has 1 saturated heterocycles. The van der Waals surface area contributed by atoms with Crippen molar-refractivity contribution in [3.63, 3.8) is 0 Å². The average molecular weight is 373 g/mol. The summed E-state index contributed by atoms with van der Waals surface area (Å²) in [4.78, 5) is 19.1. The number of amides is 1. The number of carbonyl (C=O) groups is 1. The van der Waals surface area contributed by atoms with Gasteiger partial charge in [-0.05, 0) is 50.3 Å². The van der Waals surface area contributed by atoms with Crippen LogP contribution in [0, 0.1) is 0 Å². The maximum Gasteiger partial charge on any atom is 0.253 e. The first-order valence-electron chi connectivity index (χ1n) is 9.75. The molecule has 1 fully saturated rings. The fourth-order valence-electron chi connectivity index (χ4n) is 2.97. The first kappa shape index (κ1) is 21.0. The second-order valence-corrected chi connectivity index (χ2v) is 6.71. The van der Waals surface area contributed by atoms with Crippen LogP contribution in [0.15, 0.2) is 41.9 Å². The maximum absolute atomic E-state index is 12.2. The molecule has 1 aliphatic rings.